The molecule has 0 heterocycles. The van der Waals surface area contributed by atoms with E-state index in [0.717, 1.165) is 24.3 Å². The van der Waals surface area contributed by atoms with Gasteiger partial charge >= 0.3 is 0 Å². The molecule has 3 unspecified atom stereocenters. The van der Waals surface area contributed by atoms with E-state index < -0.39 is 0 Å². The van der Waals surface area contributed by atoms with E-state index in [2.05, 4.69) is 13.8 Å². The maximum Gasteiger partial charge on any atom is 0.0266 e. The molecule has 0 aromatic rings. The van der Waals surface area contributed by atoms with Crippen LogP contribution in [0.2, 0.25) is 0 Å². The molecule has 0 amide bonds. The van der Waals surface area contributed by atoms with Gasteiger partial charge in [-0.05, 0) is 42.4 Å². The molecule has 0 aromatic carbocycles. The van der Waals surface area contributed by atoms with Gasteiger partial charge in [-0.3, -0.25) is 0 Å². The third-order valence-electron chi connectivity index (χ3n) is 4.50. The number of nitrogens with zero attached hydrogens (tertiary/aromatic N) is 1. The second-order valence-electron chi connectivity index (χ2n) is 5.54. The third-order valence-corrected chi connectivity index (χ3v) is 4.50. The molecule has 3 aliphatic rings. The fourth-order valence-corrected chi connectivity index (χ4v) is 3.52. The van der Waals surface area contributed by atoms with Crippen molar-refractivity contribution in [3.63, 3.8) is 0 Å². The highest BCUT2D eigenvalue weighted by Gasteiger charge is 2.53. The average molecular weight is 183 g/mol. The van der Waals surface area contributed by atoms with Gasteiger partial charge in [-0.25, -0.2) is 0 Å². The minimum absolute atomic E-state index is 0.554. The Morgan fingerprint density at radius 3 is 2.54 bits per heavy atom. The Morgan fingerprint density at radius 1 is 1.38 bits per heavy atom. The maximum atomic E-state index is 9.24. The molecule has 3 fully saturated rings. The monoisotopic (exact) mass is 183 g/mol. The maximum absolute atomic E-state index is 9.24. The van der Waals surface area contributed by atoms with Crippen molar-refractivity contribution < 1.29 is 5.21 Å². The van der Waals surface area contributed by atoms with Crippen LogP contribution in [0.25, 0.3) is 0 Å². The fourth-order valence-electron chi connectivity index (χ4n) is 3.52. The molecular formula is C11H21NO. The molecule has 2 heteroatoms. The van der Waals surface area contributed by atoms with Gasteiger partial charge in [0.25, 0.3) is 0 Å². The van der Waals surface area contributed by atoms with Gasteiger partial charge in [-0.2, -0.15) is 5.06 Å². The molecule has 76 valence electrons. The highest BCUT2D eigenvalue weighted by molar-refractivity contribution is 5.03. The van der Waals surface area contributed by atoms with Crippen LogP contribution in [0.4, 0.5) is 0 Å². The number of rotatable bonds is 2. The summed E-state index contributed by atoms with van der Waals surface area (Å²) in [5.41, 5.74) is 0.554. The highest BCUT2D eigenvalue weighted by atomic mass is 16.5. The van der Waals surface area contributed by atoms with Crippen LogP contribution in [-0.2, 0) is 0 Å². The van der Waals surface area contributed by atoms with Crippen molar-refractivity contribution in [1.82, 2.24) is 5.06 Å². The largest absolute Gasteiger partial charge is 0.314 e. The molecule has 1 N–H and O–H groups in total. The van der Waals surface area contributed by atoms with Crippen molar-refractivity contribution >= 4 is 0 Å². The van der Waals surface area contributed by atoms with Crippen LogP contribution in [0.5, 0.6) is 0 Å². The highest BCUT2D eigenvalue weighted by Crippen LogP contribution is 2.61. The van der Waals surface area contributed by atoms with Crippen molar-refractivity contribution in [2.45, 2.75) is 33.1 Å². The third kappa shape index (κ3) is 1.40. The smallest absolute Gasteiger partial charge is 0.0266 e. The molecule has 3 aliphatic carbocycles. The summed E-state index contributed by atoms with van der Waals surface area (Å²) < 4.78 is 0. The normalized spacial score (nSPS) is 41.8. The lowest BCUT2D eigenvalue weighted by Gasteiger charge is -2.60. The molecule has 2 nitrogen and oxygen atoms in total. The molecule has 0 aliphatic heterocycles. The summed E-state index contributed by atoms with van der Waals surface area (Å²) >= 11 is 0. The molecule has 3 atom stereocenters. The van der Waals surface area contributed by atoms with E-state index >= 15 is 0 Å². The Morgan fingerprint density at radius 2 is 2.08 bits per heavy atom. The van der Waals surface area contributed by atoms with Crippen LogP contribution < -0.4 is 0 Å². The summed E-state index contributed by atoms with van der Waals surface area (Å²) in [4.78, 5) is 0. The summed E-state index contributed by atoms with van der Waals surface area (Å²) in [5, 5.41) is 10.6. The zero-order chi connectivity index (χ0) is 9.64. The first-order valence-corrected chi connectivity index (χ1v) is 5.42. The molecule has 0 spiro atoms. The van der Waals surface area contributed by atoms with Gasteiger partial charge in [0, 0.05) is 13.6 Å². The van der Waals surface area contributed by atoms with Crippen molar-refractivity contribution in [3.8, 4) is 0 Å². The average Bonchev–Trinajstić information content (AvgIpc) is 2.03. The Balaban J connectivity index is 1.99. The first-order chi connectivity index (χ1) is 6.01. The van der Waals surface area contributed by atoms with Crippen LogP contribution in [0, 0.1) is 23.2 Å². The quantitative estimate of drug-likeness (QED) is 0.664. The van der Waals surface area contributed by atoms with Crippen LogP contribution in [0.3, 0.4) is 0 Å². The predicted molar refractivity (Wildman–Crippen MR) is 52.5 cm³/mol. The van der Waals surface area contributed by atoms with Crippen molar-refractivity contribution in [1.29, 1.82) is 0 Å². The molecule has 3 rings (SSSR count). The summed E-state index contributed by atoms with van der Waals surface area (Å²) in [6, 6.07) is 0. The molecule has 0 aromatic heterocycles. The van der Waals surface area contributed by atoms with Gasteiger partial charge in [-0.1, -0.05) is 13.8 Å². The lowest BCUT2D eigenvalue weighted by atomic mass is 9.45. The Bertz CT molecular complexity index is 198. The standard InChI is InChI=1S/C11H21NO/c1-11(2)9-5-4-8(7-12(3)13)10(11)6-9/h8-10,13H,4-7H2,1-3H3. The van der Waals surface area contributed by atoms with E-state index in [-0.39, 0.29) is 0 Å². The summed E-state index contributed by atoms with van der Waals surface area (Å²) in [5.74, 6) is 2.56. The lowest BCUT2D eigenvalue weighted by molar-refractivity contribution is -0.146. The van der Waals surface area contributed by atoms with E-state index in [0.29, 0.717) is 5.41 Å². The van der Waals surface area contributed by atoms with Crippen LogP contribution in [0.15, 0.2) is 0 Å². The molecule has 3 saturated carbocycles. The first kappa shape index (κ1) is 9.47. The van der Waals surface area contributed by atoms with E-state index in [9.17, 15) is 5.21 Å². The second-order valence-corrected chi connectivity index (χ2v) is 5.54. The van der Waals surface area contributed by atoms with Crippen LogP contribution in [-0.4, -0.2) is 23.9 Å². The second kappa shape index (κ2) is 2.96. The Hall–Kier alpha value is -0.0800. The molecule has 2 bridgehead atoms. The van der Waals surface area contributed by atoms with Gasteiger partial charge in [0.1, 0.15) is 0 Å². The van der Waals surface area contributed by atoms with Gasteiger partial charge in [0.2, 0.25) is 0 Å². The Kier molecular flexibility index (Phi) is 2.16. The van der Waals surface area contributed by atoms with E-state index in [1.54, 1.807) is 7.05 Å². The topological polar surface area (TPSA) is 23.5 Å². The number of hydroxylamine groups is 2. The van der Waals surface area contributed by atoms with Gasteiger partial charge in [0.05, 0.1) is 0 Å². The molecule has 0 saturated heterocycles. The minimum Gasteiger partial charge on any atom is -0.314 e. The fraction of sp³-hybridized carbons (Fsp3) is 1.00. The lowest BCUT2D eigenvalue weighted by Crippen LogP contribution is -2.54. The SMILES string of the molecule is CN(O)CC1CCC2CC1C2(C)C. The van der Waals surface area contributed by atoms with Gasteiger partial charge in [-0.15, -0.1) is 0 Å². The van der Waals surface area contributed by atoms with E-state index in [1.807, 2.05) is 0 Å². The molecule has 13 heavy (non-hydrogen) atoms. The number of fused-ring (bicyclic) bond motifs is 2. The van der Waals surface area contributed by atoms with Gasteiger partial charge < -0.3 is 5.21 Å². The Labute approximate surface area is 80.9 Å². The van der Waals surface area contributed by atoms with Crippen molar-refractivity contribution in [2.24, 2.45) is 23.2 Å². The van der Waals surface area contributed by atoms with Crippen molar-refractivity contribution in [3.05, 3.63) is 0 Å². The molecule has 0 radical (unpaired) electrons. The zero-order valence-corrected chi connectivity index (χ0v) is 8.95. The number of hydrogen-bond donors (Lipinski definition) is 1. The minimum atomic E-state index is 0.554. The summed E-state index contributed by atoms with van der Waals surface area (Å²) in [6.45, 7) is 5.66. The van der Waals surface area contributed by atoms with E-state index in [4.69, 9.17) is 0 Å². The van der Waals surface area contributed by atoms with Gasteiger partial charge in [0.15, 0.2) is 0 Å². The number of hydrogen-bond acceptors (Lipinski definition) is 2. The van der Waals surface area contributed by atoms with Crippen molar-refractivity contribution in [2.75, 3.05) is 13.6 Å². The van der Waals surface area contributed by atoms with Crippen LogP contribution >= 0.6 is 0 Å². The summed E-state index contributed by atoms with van der Waals surface area (Å²) in [7, 11) is 1.76. The van der Waals surface area contributed by atoms with Crippen LogP contribution in [0.1, 0.15) is 33.1 Å². The first-order valence-electron chi connectivity index (χ1n) is 5.42. The zero-order valence-electron chi connectivity index (χ0n) is 8.95. The molecular weight excluding hydrogens is 162 g/mol. The predicted octanol–water partition coefficient (Wildman–Crippen LogP) is 2.38. The summed E-state index contributed by atoms with van der Waals surface area (Å²) in [6.07, 6.45) is 4.11. The van der Waals surface area contributed by atoms with E-state index in [1.165, 1.54) is 24.3 Å².